The molecule has 1 fully saturated rings. The second-order valence-corrected chi connectivity index (χ2v) is 7.82. The van der Waals surface area contributed by atoms with Gasteiger partial charge in [0.2, 0.25) is 0 Å². The molecule has 0 spiro atoms. The summed E-state index contributed by atoms with van der Waals surface area (Å²) in [5.74, 6) is 1.79. The van der Waals surface area contributed by atoms with E-state index < -0.39 is 0 Å². The van der Waals surface area contributed by atoms with Crippen molar-refractivity contribution in [3.63, 3.8) is 0 Å². The van der Waals surface area contributed by atoms with Crippen LogP contribution in [0.4, 0.5) is 0 Å². The summed E-state index contributed by atoms with van der Waals surface area (Å²) in [6, 6.07) is 8.02. The molecule has 3 heterocycles. The molecule has 126 valence electrons. The molecule has 2 aromatic heterocycles. The summed E-state index contributed by atoms with van der Waals surface area (Å²) < 4.78 is 5.99. The highest BCUT2D eigenvalue weighted by Gasteiger charge is 2.26. The summed E-state index contributed by atoms with van der Waals surface area (Å²) in [7, 11) is 0. The molecule has 0 aliphatic carbocycles. The summed E-state index contributed by atoms with van der Waals surface area (Å²) in [6.07, 6.45) is 2.34. The van der Waals surface area contributed by atoms with E-state index in [0.717, 1.165) is 43.0 Å². The number of likely N-dealkylation sites (tertiary alicyclic amines) is 1. The molecule has 4 nitrogen and oxygen atoms in total. The smallest absolute Gasteiger partial charge is 0.199 e. The van der Waals surface area contributed by atoms with Crippen molar-refractivity contribution in [2.45, 2.75) is 45.1 Å². The fourth-order valence-corrected chi connectivity index (χ4v) is 4.18. The molecule has 0 bridgehead atoms. The van der Waals surface area contributed by atoms with Gasteiger partial charge in [-0.2, -0.15) is 0 Å². The van der Waals surface area contributed by atoms with Gasteiger partial charge in [0.1, 0.15) is 5.52 Å². The van der Waals surface area contributed by atoms with Crippen LogP contribution in [0.5, 0.6) is 0 Å². The van der Waals surface area contributed by atoms with Crippen molar-refractivity contribution in [3.05, 3.63) is 46.2 Å². The monoisotopic (exact) mass is 341 g/mol. The van der Waals surface area contributed by atoms with Crippen LogP contribution in [0, 0.1) is 0 Å². The van der Waals surface area contributed by atoms with Crippen LogP contribution in [0.1, 0.15) is 55.1 Å². The molecule has 1 atom stereocenters. The third-order valence-corrected chi connectivity index (χ3v) is 5.81. The average molecular weight is 341 g/mol. The van der Waals surface area contributed by atoms with Crippen LogP contribution in [0.15, 0.2) is 34.1 Å². The minimum atomic E-state index is 0.384. The highest BCUT2D eigenvalue weighted by molar-refractivity contribution is 7.09. The van der Waals surface area contributed by atoms with E-state index in [2.05, 4.69) is 24.1 Å². The molecule has 0 N–H and O–H groups in total. The van der Waals surface area contributed by atoms with E-state index in [9.17, 15) is 0 Å². The Morgan fingerprint density at radius 1 is 1.29 bits per heavy atom. The second kappa shape index (κ2) is 6.65. The highest BCUT2D eigenvalue weighted by atomic mass is 32.1. The normalized spacial score (nSPS) is 19.4. The molecular weight excluding hydrogens is 318 g/mol. The number of hydrogen-bond donors (Lipinski definition) is 0. The van der Waals surface area contributed by atoms with Gasteiger partial charge in [0.25, 0.3) is 0 Å². The molecule has 1 saturated heterocycles. The maximum atomic E-state index is 5.99. The van der Waals surface area contributed by atoms with Gasteiger partial charge in [-0.05, 0) is 31.5 Å². The van der Waals surface area contributed by atoms with Crippen LogP contribution in [-0.4, -0.2) is 28.0 Å². The van der Waals surface area contributed by atoms with Crippen LogP contribution >= 0.6 is 11.3 Å². The summed E-state index contributed by atoms with van der Waals surface area (Å²) in [5, 5.41) is 3.44. The number of hydrogen-bond acceptors (Lipinski definition) is 5. The third-order valence-electron chi connectivity index (χ3n) is 4.61. The molecule has 1 aromatic carbocycles. The molecule has 5 heteroatoms. The summed E-state index contributed by atoms with van der Waals surface area (Å²) >= 11 is 1.78. The van der Waals surface area contributed by atoms with E-state index in [1.165, 1.54) is 17.1 Å². The zero-order valence-electron chi connectivity index (χ0n) is 14.2. The van der Waals surface area contributed by atoms with Gasteiger partial charge >= 0.3 is 0 Å². The van der Waals surface area contributed by atoms with E-state index in [1.54, 1.807) is 11.3 Å². The zero-order valence-corrected chi connectivity index (χ0v) is 15.1. The molecule has 4 rings (SSSR count). The lowest BCUT2D eigenvalue weighted by atomic mass is 9.98. The first-order valence-electron chi connectivity index (χ1n) is 8.71. The number of benzene rings is 1. The standard InChI is InChI=1S/C19H23N3OS/c1-13(2)19-20-15(12-24-19)11-22-9-5-6-14(10-22)18-21-16-7-3-4-8-17(16)23-18/h3-4,7-8,12-14H,5-6,9-11H2,1-2H3/t14-/m0/s1. The van der Waals surface area contributed by atoms with Gasteiger partial charge in [-0.1, -0.05) is 26.0 Å². The van der Waals surface area contributed by atoms with Crippen LogP contribution in [-0.2, 0) is 6.54 Å². The Balaban J connectivity index is 1.46. The quantitative estimate of drug-likeness (QED) is 0.684. The van der Waals surface area contributed by atoms with E-state index >= 15 is 0 Å². The maximum Gasteiger partial charge on any atom is 0.199 e. The van der Waals surface area contributed by atoms with E-state index in [-0.39, 0.29) is 0 Å². The van der Waals surface area contributed by atoms with Crippen molar-refractivity contribution in [3.8, 4) is 0 Å². The van der Waals surface area contributed by atoms with Gasteiger partial charge in [0.15, 0.2) is 11.5 Å². The molecule has 0 saturated carbocycles. The van der Waals surface area contributed by atoms with Crippen LogP contribution in [0.3, 0.4) is 0 Å². The molecule has 0 radical (unpaired) electrons. The predicted octanol–water partition coefficient (Wildman–Crippen LogP) is 4.79. The topological polar surface area (TPSA) is 42.2 Å². The fourth-order valence-electron chi connectivity index (χ4n) is 3.35. The van der Waals surface area contributed by atoms with Crippen LogP contribution < -0.4 is 0 Å². The van der Waals surface area contributed by atoms with Crippen molar-refractivity contribution in [1.29, 1.82) is 0 Å². The number of piperidine rings is 1. The molecule has 1 aliphatic heterocycles. The Bertz CT molecular complexity index is 790. The molecule has 0 amide bonds. The largest absolute Gasteiger partial charge is 0.440 e. The first kappa shape index (κ1) is 15.8. The van der Waals surface area contributed by atoms with Gasteiger partial charge in [-0.25, -0.2) is 9.97 Å². The highest BCUT2D eigenvalue weighted by Crippen LogP contribution is 2.30. The lowest BCUT2D eigenvalue weighted by Crippen LogP contribution is -2.34. The third kappa shape index (κ3) is 3.23. The second-order valence-electron chi connectivity index (χ2n) is 6.93. The van der Waals surface area contributed by atoms with Gasteiger partial charge in [0.05, 0.1) is 10.7 Å². The number of nitrogens with zero attached hydrogens (tertiary/aromatic N) is 3. The van der Waals surface area contributed by atoms with Gasteiger partial charge in [-0.15, -0.1) is 11.3 Å². The summed E-state index contributed by atoms with van der Waals surface area (Å²) in [6.45, 7) is 7.46. The fraction of sp³-hybridized carbons (Fsp3) is 0.474. The SMILES string of the molecule is CC(C)c1nc(CN2CCC[C@H](c3nc4ccccc4o3)C2)cs1. The van der Waals surface area contributed by atoms with E-state index in [1.807, 2.05) is 24.3 Å². The zero-order chi connectivity index (χ0) is 16.5. The Kier molecular flexibility index (Phi) is 4.37. The molecule has 24 heavy (non-hydrogen) atoms. The predicted molar refractivity (Wildman–Crippen MR) is 97.5 cm³/mol. The first-order chi connectivity index (χ1) is 11.7. The molecular formula is C19H23N3OS. The number of rotatable bonds is 4. The van der Waals surface area contributed by atoms with Crippen molar-refractivity contribution < 1.29 is 4.42 Å². The van der Waals surface area contributed by atoms with Gasteiger partial charge < -0.3 is 4.42 Å². The average Bonchev–Trinajstić information content (AvgIpc) is 3.21. The number of para-hydroxylation sites is 2. The van der Waals surface area contributed by atoms with Crippen molar-refractivity contribution in [2.24, 2.45) is 0 Å². The van der Waals surface area contributed by atoms with Gasteiger partial charge in [0, 0.05) is 30.3 Å². The molecule has 3 aromatic rings. The van der Waals surface area contributed by atoms with Crippen LogP contribution in [0.2, 0.25) is 0 Å². The molecule has 0 unspecified atom stereocenters. The van der Waals surface area contributed by atoms with Crippen LogP contribution in [0.25, 0.3) is 11.1 Å². The lowest BCUT2D eigenvalue weighted by molar-refractivity contribution is 0.185. The maximum absolute atomic E-state index is 5.99. The Morgan fingerprint density at radius 2 is 2.17 bits per heavy atom. The molecule has 1 aliphatic rings. The van der Waals surface area contributed by atoms with E-state index in [4.69, 9.17) is 14.4 Å². The van der Waals surface area contributed by atoms with Gasteiger partial charge in [-0.3, -0.25) is 4.90 Å². The number of thiazole rings is 1. The summed E-state index contributed by atoms with van der Waals surface area (Å²) in [5.41, 5.74) is 3.05. The first-order valence-corrected chi connectivity index (χ1v) is 9.59. The number of oxazole rings is 1. The number of aromatic nitrogens is 2. The minimum Gasteiger partial charge on any atom is -0.440 e. The Hall–Kier alpha value is -1.72. The Labute approximate surface area is 146 Å². The minimum absolute atomic E-state index is 0.384. The lowest BCUT2D eigenvalue weighted by Gasteiger charge is -2.30. The number of fused-ring (bicyclic) bond motifs is 1. The van der Waals surface area contributed by atoms with Crippen molar-refractivity contribution in [1.82, 2.24) is 14.9 Å². The van der Waals surface area contributed by atoms with Crippen molar-refractivity contribution in [2.75, 3.05) is 13.1 Å². The van der Waals surface area contributed by atoms with E-state index in [0.29, 0.717) is 11.8 Å². The summed E-state index contributed by atoms with van der Waals surface area (Å²) in [4.78, 5) is 12.0. The Morgan fingerprint density at radius 3 is 2.96 bits per heavy atom. The van der Waals surface area contributed by atoms with Crippen molar-refractivity contribution >= 4 is 22.4 Å².